The van der Waals surface area contributed by atoms with Crippen LogP contribution in [0.1, 0.15) is 49.3 Å². The van der Waals surface area contributed by atoms with Crippen LogP contribution in [0.5, 0.6) is 0 Å². The zero-order valence-electron chi connectivity index (χ0n) is 9.79. The molecule has 0 aromatic heterocycles. The summed E-state index contributed by atoms with van der Waals surface area (Å²) in [4.78, 5) is 0. The van der Waals surface area contributed by atoms with Crippen molar-refractivity contribution in [3.63, 3.8) is 0 Å². The zero-order chi connectivity index (χ0) is 10.8. The van der Waals surface area contributed by atoms with Crippen LogP contribution in [0, 0.1) is 0 Å². The highest BCUT2D eigenvalue weighted by molar-refractivity contribution is 5.36. The molecular formula is C14H21N. The second kappa shape index (κ2) is 4.36. The van der Waals surface area contributed by atoms with Crippen molar-refractivity contribution in [3.05, 3.63) is 34.9 Å². The lowest BCUT2D eigenvalue weighted by Gasteiger charge is -2.15. The Kier molecular flexibility index (Phi) is 3.11. The first kappa shape index (κ1) is 10.7. The van der Waals surface area contributed by atoms with Crippen LogP contribution in [0.25, 0.3) is 0 Å². The van der Waals surface area contributed by atoms with Gasteiger partial charge in [-0.2, -0.15) is 0 Å². The van der Waals surface area contributed by atoms with E-state index in [0.29, 0.717) is 12.0 Å². The lowest BCUT2D eigenvalue weighted by molar-refractivity contribution is 0.586. The standard InChI is InChI=1S/C14H21N/c1-10(8-11(2)15)13-7-6-12-4-3-5-14(12)9-13/h6-7,9-11H,3-5,8,15H2,1-2H3. The van der Waals surface area contributed by atoms with E-state index in [4.69, 9.17) is 5.73 Å². The van der Waals surface area contributed by atoms with E-state index in [1.54, 1.807) is 11.1 Å². The highest BCUT2D eigenvalue weighted by atomic mass is 14.6. The van der Waals surface area contributed by atoms with Crippen LogP contribution in [0.15, 0.2) is 18.2 Å². The number of hydrogen-bond acceptors (Lipinski definition) is 1. The van der Waals surface area contributed by atoms with Gasteiger partial charge in [-0.05, 0) is 55.2 Å². The average molecular weight is 203 g/mol. The van der Waals surface area contributed by atoms with Crippen LogP contribution < -0.4 is 5.73 Å². The second-order valence-electron chi connectivity index (χ2n) is 5.00. The molecule has 2 rings (SSSR count). The molecule has 0 amide bonds. The van der Waals surface area contributed by atoms with Gasteiger partial charge in [-0.15, -0.1) is 0 Å². The Morgan fingerprint density at radius 2 is 1.93 bits per heavy atom. The van der Waals surface area contributed by atoms with Crippen molar-refractivity contribution in [2.45, 2.75) is 51.5 Å². The van der Waals surface area contributed by atoms with Crippen LogP contribution in [0.2, 0.25) is 0 Å². The minimum atomic E-state index is 0.299. The highest BCUT2D eigenvalue weighted by Crippen LogP contribution is 2.27. The summed E-state index contributed by atoms with van der Waals surface area (Å²) in [5.74, 6) is 0.593. The van der Waals surface area contributed by atoms with E-state index in [-0.39, 0.29) is 0 Å². The van der Waals surface area contributed by atoms with Crippen molar-refractivity contribution in [1.82, 2.24) is 0 Å². The molecule has 2 N–H and O–H groups in total. The predicted octanol–water partition coefficient (Wildman–Crippen LogP) is 3.02. The molecule has 1 aromatic carbocycles. The molecule has 15 heavy (non-hydrogen) atoms. The van der Waals surface area contributed by atoms with Crippen molar-refractivity contribution >= 4 is 0 Å². The van der Waals surface area contributed by atoms with Crippen LogP contribution in [0.3, 0.4) is 0 Å². The summed E-state index contributed by atoms with van der Waals surface area (Å²) in [5.41, 5.74) is 10.4. The third kappa shape index (κ3) is 2.40. The molecule has 0 saturated heterocycles. The number of nitrogens with two attached hydrogens (primary N) is 1. The van der Waals surface area contributed by atoms with Crippen LogP contribution in [-0.4, -0.2) is 6.04 Å². The summed E-state index contributed by atoms with van der Waals surface area (Å²) < 4.78 is 0. The molecule has 0 bridgehead atoms. The summed E-state index contributed by atoms with van der Waals surface area (Å²) in [6.45, 7) is 4.36. The second-order valence-corrected chi connectivity index (χ2v) is 5.00. The molecule has 0 spiro atoms. The smallest absolute Gasteiger partial charge is 0.00162 e. The lowest BCUT2D eigenvalue weighted by atomic mass is 9.92. The maximum Gasteiger partial charge on any atom is 0.00162 e. The minimum Gasteiger partial charge on any atom is -0.328 e. The van der Waals surface area contributed by atoms with Gasteiger partial charge in [-0.1, -0.05) is 25.1 Å². The number of aryl methyl sites for hydroxylation is 2. The lowest BCUT2D eigenvalue weighted by Crippen LogP contribution is -2.17. The Morgan fingerprint density at radius 1 is 1.20 bits per heavy atom. The van der Waals surface area contributed by atoms with E-state index in [2.05, 4.69) is 32.0 Å². The average Bonchev–Trinajstić information content (AvgIpc) is 2.62. The van der Waals surface area contributed by atoms with Gasteiger partial charge in [0.25, 0.3) is 0 Å². The molecular weight excluding hydrogens is 182 g/mol. The third-order valence-electron chi connectivity index (χ3n) is 3.42. The topological polar surface area (TPSA) is 26.0 Å². The Hall–Kier alpha value is -0.820. The minimum absolute atomic E-state index is 0.299. The SMILES string of the molecule is CC(N)CC(C)c1ccc2c(c1)CCC2. The molecule has 1 heteroatoms. The monoisotopic (exact) mass is 203 g/mol. The molecule has 1 aliphatic rings. The summed E-state index contributed by atoms with van der Waals surface area (Å²) in [6, 6.07) is 7.30. The molecule has 0 fully saturated rings. The van der Waals surface area contributed by atoms with Crippen molar-refractivity contribution in [3.8, 4) is 0 Å². The van der Waals surface area contributed by atoms with E-state index >= 15 is 0 Å². The molecule has 2 atom stereocenters. The van der Waals surface area contributed by atoms with Gasteiger partial charge in [0.1, 0.15) is 0 Å². The van der Waals surface area contributed by atoms with Crippen LogP contribution >= 0.6 is 0 Å². The van der Waals surface area contributed by atoms with Gasteiger partial charge in [0.2, 0.25) is 0 Å². The van der Waals surface area contributed by atoms with E-state index in [1.807, 2.05) is 0 Å². The van der Waals surface area contributed by atoms with E-state index in [1.165, 1.54) is 24.8 Å². The van der Waals surface area contributed by atoms with Crippen molar-refractivity contribution in [1.29, 1.82) is 0 Å². The van der Waals surface area contributed by atoms with Gasteiger partial charge >= 0.3 is 0 Å². The predicted molar refractivity (Wildman–Crippen MR) is 65.1 cm³/mol. The van der Waals surface area contributed by atoms with Gasteiger partial charge in [0.15, 0.2) is 0 Å². The fourth-order valence-electron chi connectivity index (χ4n) is 2.59. The molecule has 0 aliphatic heterocycles. The Labute approximate surface area is 92.7 Å². The first-order valence-electron chi connectivity index (χ1n) is 6.04. The van der Waals surface area contributed by atoms with Gasteiger partial charge in [-0.25, -0.2) is 0 Å². The van der Waals surface area contributed by atoms with Crippen molar-refractivity contribution < 1.29 is 0 Å². The number of hydrogen-bond donors (Lipinski definition) is 1. The van der Waals surface area contributed by atoms with Crippen molar-refractivity contribution in [2.24, 2.45) is 5.73 Å². The number of benzene rings is 1. The maximum absolute atomic E-state index is 5.84. The molecule has 1 aromatic rings. The molecule has 1 aliphatic carbocycles. The van der Waals surface area contributed by atoms with E-state index < -0.39 is 0 Å². The first-order valence-corrected chi connectivity index (χ1v) is 6.04. The number of rotatable bonds is 3. The Balaban J connectivity index is 2.15. The van der Waals surface area contributed by atoms with Gasteiger partial charge in [0, 0.05) is 6.04 Å². The van der Waals surface area contributed by atoms with E-state index in [9.17, 15) is 0 Å². The van der Waals surface area contributed by atoms with Crippen LogP contribution in [-0.2, 0) is 12.8 Å². The number of fused-ring (bicyclic) bond motifs is 1. The van der Waals surface area contributed by atoms with Gasteiger partial charge in [-0.3, -0.25) is 0 Å². The fraction of sp³-hybridized carbons (Fsp3) is 0.571. The Bertz CT molecular complexity index is 341. The van der Waals surface area contributed by atoms with Crippen molar-refractivity contribution in [2.75, 3.05) is 0 Å². The Morgan fingerprint density at radius 3 is 2.67 bits per heavy atom. The summed E-state index contributed by atoms with van der Waals surface area (Å²) in [6.07, 6.45) is 4.96. The fourth-order valence-corrected chi connectivity index (χ4v) is 2.59. The van der Waals surface area contributed by atoms with Gasteiger partial charge < -0.3 is 5.73 Å². The molecule has 82 valence electrons. The molecule has 0 radical (unpaired) electrons. The molecule has 0 saturated carbocycles. The molecule has 0 heterocycles. The van der Waals surface area contributed by atoms with Crippen LogP contribution in [0.4, 0.5) is 0 Å². The van der Waals surface area contributed by atoms with Gasteiger partial charge in [0.05, 0.1) is 0 Å². The summed E-state index contributed by atoms with van der Waals surface area (Å²) >= 11 is 0. The molecule has 2 unspecified atom stereocenters. The quantitative estimate of drug-likeness (QED) is 0.803. The third-order valence-corrected chi connectivity index (χ3v) is 3.42. The molecule has 1 nitrogen and oxygen atoms in total. The van der Waals surface area contributed by atoms with E-state index in [0.717, 1.165) is 6.42 Å². The summed E-state index contributed by atoms with van der Waals surface area (Å²) in [7, 11) is 0. The first-order chi connectivity index (χ1) is 7.16. The largest absolute Gasteiger partial charge is 0.328 e. The maximum atomic E-state index is 5.84. The summed E-state index contributed by atoms with van der Waals surface area (Å²) in [5, 5.41) is 0. The zero-order valence-corrected chi connectivity index (χ0v) is 9.79. The highest BCUT2D eigenvalue weighted by Gasteiger charge is 2.14. The normalized spacial score (nSPS) is 18.6.